The summed E-state index contributed by atoms with van der Waals surface area (Å²) in [5.41, 5.74) is 2.39. The number of carbonyl (C=O) groups is 1. The van der Waals surface area contributed by atoms with Gasteiger partial charge in [-0.25, -0.2) is 0 Å². The molecule has 0 bridgehead atoms. The van der Waals surface area contributed by atoms with Crippen LogP contribution in [0, 0.1) is 0 Å². The molecule has 0 radical (unpaired) electrons. The van der Waals surface area contributed by atoms with Gasteiger partial charge in [0.15, 0.2) is 11.0 Å². The van der Waals surface area contributed by atoms with Crippen LogP contribution in [0.15, 0.2) is 84.0 Å². The molecule has 0 aliphatic carbocycles. The molecular formula is C24H21ClN4O2S. The fraction of sp³-hybridized carbons (Fsp3) is 0.125. The Kier molecular flexibility index (Phi) is 7.09. The Balaban J connectivity index is 1.57. The van der Waals surface area contributed by atoms with Gasteiger partial charge in [-0.2, -0.15) is 0 Å². The van der Waals surface area contributed by atoms with E-state index in [1.54, 1.807) is 0 Å². The van der Waals surface area contributed by atoms with Crippen LogP contribution in [0.5, 0.6) is 5.75 Å². The van der Waals surface area contributed by atoms with Crippen molar-refractivity contribution >= 4 is 35.0 Å². The average Bonchev–Trinajstić information content (AvgIpc) is 3.24. The molecule has 0 aliphatic heterocycles. The molecule has 8 heteroatoms. The number of aromatic nitrogens is 3. The van der Waals surface area contributed by atoms with Gasteiger partial charge in [0.2, 0.25) is 5.91 Å². The smallest absolute Gasteiger partial charge is 0.234 e. The maximum Gasteiger partial charge on any atom is 0.234 e. The number of benzene rings is 3. The fourth-order valence-electron chi connectivity index (χ4n) is 3.16. The maximum atomic E-state index is 12.6. The van der Waals surface area contributed by atoms with Gasteiger partial charge in [0, 0.05) is 16.3 Å². The largest absolute Gasteiger partial charge is 0.492 e. The van der Waals surface area contributed by atoms with Crippen molar-refractivity contribution in [3.8, 4) is 22.8 Å². The van der Waals surface area contributed by atoms with Gasteiger partial charge in [0.05, 0.1) is 18.0 Å². The Morgan fingerprint density at radius 1 is 1.03 bits per heavy atom. The first-order valence-electron chi connectivity index (χ1n) is 10.1. The van der Waals surface area contributed by atoms with Crippen LogP contribution >= 0.6 is 23.4 Å². The monoisotopic (exact) mass is 464 g/mol. The number of anilines is 1. The van der Waals surface area contributed by atoms with E-state index in [0.717, 1.165) is 11.3 Å². The lowest BCUT2D eigenvalue weighted by Gasteiger charge is -2.12. The molecular weight excluding hydrogens is 444 g/mol. The van der Waals surface area contributed by atoms with Crippen molar-refractivity contribution in [2.45, 2.75) is 12.1 Å². The van der Waals surface area contributed by atoms with E-state index in [1.807, 2.05) is 90.4 Å². The molecule has 32 heavy (non-hydrogen) atoms. The second-order valence-electron chi connectivity index (χ2n) is 6.75. The van der Waals surface area contributed by atoms with E-state index in [9.17, 15) is 4.79 Å². The Hall–Kier alpha value is -3.29. The minimum absolute atomic E-state index is 0.158. The average molecular weight is 465 g/mol. The molecule has 1 amide bonds. The third-order valence-corrected chi connectivity index (χ3v) is 5.69. The van der Waals surface area contributed by atoms with Crippen molar-refractivity contribution in [2.24, 2.45) is 0 Å². The minimum atomic E-state index is -0.158. The van der Waals surface area contributed by atoms with Gasteiger partial charge in [0.25, 0.3) is 0 Å². The number of carbonyl (C=O) groups excluding carboxylic acids is 1. The highest BCUT2D eigenvalue weighted by atomic mass is 35.5. The summed E-state index contributed by atoms with van der Waals surface area (Å²) in [5.74, 6) is 1.31. The molecule has 4 aromatic rings. The van der Waals surface area contributed by atoms with Gasteiger partial charge in [-0.3, -0.25) is 9.36 Å². The summed E-state index contributed by atoms with van der Waals surface area (Å²) in [7, 11) is 0. The summed E-state index contributed by atoms with van der Waals surface area (Å²) in [6.45, 7) is 2.43. The zero-order valence-corrected chi connectivity index (χ0v) is 18.9. The second kappa shape index (κ2) is 10.3. The maximum absolute atomic E-state index is 12.6. The molecule has 0 saturated heterocycles. The molecule has 4 rings (SSSR count). The molecule has 1 aromatic heterocycles. The van der Waals surface area contributed by atoms with E-state index in [0.29, 0.717) is 34.0 Å². The summed E-state index contributed by atoms with van der Waals surface area (Å²) in [4.78, 5) is 12.6. The molecule has 0 saturated carbocycles. The van der Waals surface area contributed by atoms with Crippen LogP contribution in [-0.4, -0.2) is 33.0 Å². The van der Waals surface area contributed by atoms with E-state index >= 15 is 0 Å². The highest BCUT2D eigenvalue weighted by Crippen LogP contribution is 2.30. The number of halogens is 1. The number of amides is 1. The Morgan fingerprint density at radius 2 is 1.81 bits per heavy atom. The number of nitrogens with one attached hydrogen (secondary N) is 1. The molecule has 0 aliphatic rings. The Morgan fingerprint density at radius 3 is 2.59 bits per heavy atom. The molecule has 0 fully saturated rings. The van der Waals surface area contributed by atoms with Crippen LogP contribution in [0.2, 0.25) is 5.02 Å². The van der Waals surface area contributed by atoms with Crippen LogP contribution < -0.4 is 10.1 Å². The first-order chi connectivity index (χ1) is 15.7. The normalized spacial score (nSPS) is 10.7. The van der Waals surface area contributed by atoms with Crippen LogP contribution in [0.25, 0.3) is 17.1 Å². The predicted molar refractivity (Wildman–Crippen MR) is 129 cm³/mol. The van der Waals surface area contributed by atoms with Gasteiger partial charge >= 0.3 is 0 Å². The first-order valence-corrected chi connectivity index (χ1v) is 11.4. The quantitative estimate of drug-likeness (QED) is 0.338. The third kappa shape index (κ3) is 5.12. The van der Waals surface area contributed by atoms with Gasteiger partial charge in [0.1, 0.15) is 5.75 Å². The second-order valence-corrected chi connectivity index (χ2v) is 8.13. The molecule has 0 spiro atoms. The van der Waals surface area contributed by atoms with E-state index < -0.39 is 0 Å². The Labute approximate surface area is 195 Å². The molecule has 6 nitrogen and oxygen atoms in total. The van der Waals surface area contributed by atoms with Gasteiger partial charge in [-0.05, 0) is 43.3 Å². The zero-order chi connectivity index (χ0) is 22.3. The summed E-state index contributed by atoms with van der Waals surface area (Å²) < 4.78 is 7.51. The summed E-state index contributed by atoms with van der Waals surface area (Å²) in [5, 5.41) is 12.9. The lowest BCUT2D eigenvalue weighted by molar-refractivity contribution is -0.113. The van der Waals surface area contributed by atoms with Crippen LogP contribution in [0.3, 0.4) is 0 Å². The van der Waals surface area contributed by atoms with Crippen LogP contribution in [0.4, 0.5) is 5.69 Å². The van der Waals surface area contributed by atoms with E-state index in [2.05, 4.69) is 15.5 Å². The summed E-state index contributed by atoms with van der Waals surface area (Å²) >= 11 is 7.50. The number of hydrogen-bond donors (Lipinski definition) is 1. The third-order valence-electron chi connectivity index (χ3n) is 4.52. The molecule has 3 aromatic carbocycles. The van der Waals surface area contributed by atoms with Gasteiger partial charge in [-0.15, -0.1) is 10.2 Å². The van der Waals surface area contributed by atoms with Gasteiger partial charge < -0.3 is 10.1 Å². The van der Waals surface area contributed by atoms with Crippen molar-refractivity contribution in [3.63, 3.8) is 0 Å². The summed E-state index contributed by atoms with van der Waals surface area (Å²) in [6, 6.07) is 24.6. The zero-order valence-electron chi connectivity index (χ0n) is 17.4. The number of hydrogen-bond acceptors (Lipinski definition) is 5. The van der Waals surface area contributed by atoms with E-state index in [-0.39, 0.29) is 11.7 Å². The standard InChI is InChI=1S/C24H21ClN4O2S/c1-2-31-21-14-7-6-13-20(21)26-22(30)16-32-24-28-27-23(17-9-8-10-18(25)15-17)29(24)19-11-4-3-5-12-19/h3-15H,2,16H2,1H3,(H,26,30). The van der Waals surface area contributed by atoms with E-state index in [4.69, 9.17) is 16.3 Å². The number of nitrogens with zero attached hydrogens (tertiary/aromatic N) is 3. The lowest BCUT2D eigenvalue weighted by atomic mass is 10.2. The summed E-state index contributed by atoms with van der Waals surface area (Å²) in [6.07, 6.45) is 0. The number of ether oxygens (including phenoxy) is 1. The number of thioether (sulfide) groups is 1. The fourth-order valence-corrected chi connectivity index (χ4v) is 4.10. The number of para-hydroxylation sites is 3. The first kappa shape index (κ1) is 21.9. The van der Waals surface area contributed by atoms with E-state index in [1.165, 1.54) is 11.8 Å². The van der Waals surface area contributed by atoms with Crippen LogP contribution in [0.1, 0.15) is 6.92 Å². The van der Waals surface area contributed by atoms with Gasteiger partial charge in [-0.1, -0.05) is 65.8 Å². The van der Waals surface area contributed by atoms with Crippen molar-refractivity contribution in [2.75, 3.05) is 17.7 Å². The number of rotatable bonds is 8. The van der Waals surface area contributed by atoms with Crippen molar-refractivity contribution < 1.29 is 9.53 Å². The van der Waals surface area contributed by atoms with Crippen LogP contribution in [-0.2, 0) is 4.79 Å². The minimum Gasteiger partial charge on any atom is -0.492 e. The molecule has 1 heterocycles. The topological polar surface area (TPSA) is 69.0 Å². The molecule has 0 unspecified atom stereocenters. The lowest BCUT2D eigenvalue weighted by Crippen LogP contribution is -2.15. The van der Waals surface area contributed by atoms with Crippen molar-refractivity contribution in [1.82, 2.24) is 14.8 Å². The van der Waals surface area contributed by atoms with Crippen molar-refractivity contribution in [3.05, 3.63) is 83.9 Å². The SMILES string of the molecule is CCOc1ccccc1NC(=O)CSc1nnc(-c2cccc(Cl)c2)n1-c1ccccc1. The molecule has 162 valence electrons. The Bertz CT molecular complexity index is 1210. The predicted octanol–water partition coefficient (Wildman–Crippen LogP) is 5.72. The molecule has 0 atom stereocenters. The highest BCUT2D eigenvalue weighted by molar-refractivity contribution is 7.99. The highest BCUT2D eigenvalue weighted by Gasteiger charge is 2.18. The molecule has 1 N–H and O–H groups in total. The van der Waals surface area contributed by atoms with Crippen molar-refractivity contribution in [1.29, 1.82) is 0 Å².